The van der Waals surface area contributed by atoms with Crippen molar-refractivity contribution in [2.75, 3.05) is 13.7 Å². The van der Waals surface area contributed by atoms with Gasteiger partial charge in [-0.3, -0.25) is 14.2 Å². The maximum Gasteiger partial charge on any atom is 0.262 e. The quantitative estimate of drug-likeness (QED) is 0.583. The van der Waals surface area contributed by atoms with Gasteiger partial charge in [0.15, 0.2) is 11.6 Å². The first-order valence-electron chi connectivity index (χ1n) is 9.31. The van der Waals surface area contributed by atoms with E-state index in [0.717, 1.165) is 10.9 Å². The lowest BCUT2D eigenvalue weighted by Crippen LogP contribution is -2.26. The van der Waals surface area contributed by atoms with Crippen LogP contribution in [0.1, 0.15) is 35.0 Å². The highest BCUT2D eigenvalue weighted by Crippen LogP contribution is 2.32. The van der Waals surface area contributed by atoms with Crippen molar-refractivity contribution < 1.29 is 18.7 Å². The summed E-state index contributed by atoms with van der Waals surface area (Å²) in [6, 6.07) is 9.78. The third kappa shape index (κ3) is 4.19. The topological polar surface area (TPSA) is 60.3 Å². The van der Waals surface area contributed by atoms with E-state index in [0.29, 0.717) is 34.3 Å². The summed E-state index contributed by atoms with van der Waals surface area (Å²) in [5.41, 5.74) is 2.16. The molecule has 0 aliphatic rings. The zero-order valence-electron chi connectivity index (χ0n) is 16.5. The second-order valence-electron chi connectivity index (χ2n) is 6.74. The van der Waals surface area contributed by atoms with Crippen molar-refractivity contribution in [1.82, 2.24) is 9.88 Å². The second kappa shape index (κ2) is 8.78. The number of ether oxygens (including phenoxy) is 1. The van der Waals surface area contributed by atoms with E-state index < -0.39 is 5.82 Å². The van der Waals surface area contributed by atoms with E-state index in [-0.39, 0.29) is 24.0 Å². The van der Waals surface area contributed by atoms with Crippen LogP contribution in [0.3, 0.4) is 0 Å². The smallest absolute Gasteiger partial charge is 0.262 e. The molecule has 29 heavy (non-hydrogen) atoms. The summed E-state index contributed by atoms with van der Waals surface area (Å²) in [6.45, 7) is 4.32. The average Bonchev–Trinajstić information content (AvgIpc) is 2.96. The number of rotatable bonds is 6. The average molecular weight is 461 g/mol. The highest BCUT2D eigenvalue weighted by atomic mass is 79.9. The zero-order valence-corrected chi connectivity index (χ0v) is 18.1. The van der Waals surface area contributed by atoms with Crippen molar-refractivity contribution in [2.45, 2.75) is 26.7 Å². The Hall–Kier alpha value is -2.67. The number of amides is 1. The Morgan fingerprint density at radius 1 is 1.21 bits per heavy atom. The largest absolute Gasteiger partial charge is 0.494 e. The van der Waals surface area contributed by atoms with Gasteiger partial charge in [-0.2, -0.15) is 0 Å². The first-order valence-corrected chi connectivity index (χ1v) is 10.1. The Morgan fingerprint density at radius 2 is 1.90 bits per heavy atom. The molecule has 0 saturated carbocycles. The molecule has 0 fully saturated rings. The minimum Gasteiger partial charge on any atom is -0.494 e. The number of carbonyl (C=O) groups excluding carboxylic acids is 2. The van der Waals surface area contributed by atoms with E-state index >= 15 is 0 Å². The summed E-state index contributed by atoms with van der Waals surface area (Å²) in [7, 11) is 1.38. The number of methoxy groups -OCH3 is 1. The van der Waals surface area contributed by atoms with Gasteiger partial charge in [-0.1, -0.05) is 22.9 Å². The molecule has 3 rings (SSSR count). The maximum atomic E-state index is 14.5. The van der Waals surface area contributed by atoms with Crippen molar-refractivity contribution in [1.29, 1.82) is 0 Å². The summed E-state index contributed by atoms with van der Waals surface area (Å²) < 4.78 is 21.9. The monoisotopic (exact) mass is 460 g/mol. The third-order valence-electron chi connectivity index (χ3n) is 4.81. The van der Waals surface area contributed by atoms with Gasteiger partial charge in [0.2, 0.25) is 5.91 Å². The van der Waals surface area contributed by atoms with E-state index in [9.17, 15) is 14.0 Å². The zero-order chi connectivity index (χ0) is 21.1. The fraction of sp³-hybridized carbons (Fsp3) is 0.273. The summed E-state index contributed by atoms with van der Waals surface area (Å²) in [4.78, 5) is 25.6. The van der Waals surface area contributed by atoms with Crippen LogP contribution in [0.4, 0.5) is 4.39 Å². The van der Waals surface area contributed by atoms with Gasteiger partial charge in [0.05, 0.1) is 19.0 Å². The molecular weight excluding hydrogens is 439 g/mol. The maximum absolute atomic E-state index is 14.5. The van der Waals surface area contributed by atoms with Gasteiger partial charge in [-0.25, -0.2) is 4.39 Å². The van der Waals surface area contributed by atoms with Gasteiger partial charge in [0, 0.05) is 33.7 Å². The summed E-state index contributed by atoms with van der Waals surface area (Å²) in [5, 5.41) is 3.47. The predicted molar refractivity (Wildman–Crippen MR) is 114 cm³/mol. The molecule has 1 N–H and O–H groups in total. The Balaban J connectivity index is 2.17. The molecule has 1 aromatic heterocycles. The van der Waals surface area contributed by atoms with Gasteiger partial charge in [-0.05, 0) is 49.2 Å². The van der Waals surface area contributed by atoms with E-state index in [4.69, 9.17) is 4.74 Å². The van der Waals surface area contributed by atoms with Crippen LogP contribution in [-0.2, 0) is 11.2 Å². The lowest BCUT2D eigenvalue weighted by atomic mass is 10.1. The van der Waals surface area contributed by atoms with E-state index in [2.05, 4.69) is 21.2 Å². The van der Waals surface area contributed by atoms with E-state index in [1.165, 1.54) is 17.7 Å². The number of nitrogens with one attached hydrogen (secondary N) is 1. The summed E-state index contributed by atoms with van der Waals surface area (Å²) in [5.74, 6) is -0.927. The van der Waals surface area contributed by atoms with Crippen LogP contribution in [0, 0.1) is 12.7 Å². The summed E-state index contributed by atoms with van der Waals surface area (Å²) in [6.07, 6.45) is 0.922. The van der Waals surface area contributed by atoms with Crippen molar-refractivity contribution in [3.05, 3.63) is 63.5 Å². The molecule has 7 heteroatoms. The number of hydrogen-bond acceptors (Lipinski definition) is 3. The molecule has 1 amide bonds. The fourth-order valence-corrected chi connectivity index (χ4v) is 3.59. The predicted octanol–water partition coefficient (Wildman–Crippen LogP) is 4.62. The molecule has 2 aromatic carbocycles. The number of halogens is 2. The number of carbonyl (C=O) groups is 2. The number of benzene rings is 2. The molecular formula is C22H22BrFN2O3. The van der Waals surface area contributed by atoms with Crippen LogP contribution < -0.4 is 10.1 Å². The van der Waals surface area contributed by atoms with Crippen LogP contribution >= 0.6 is 15.9 Å². The van der Waals surface area contributed by atoms with Gasteiger partial charge >= 0.3 is 0 Å². The molecule has 0 radical (unpaired) electrons. The Kier molecular flexibility index (Phi) is 6.37. The number of aromatic nitrogens is 1. The van der Waals surface area contributed by atoms with E-state index in [1.54, 1.807) is 37.3 Å². The molecule has 152 valence electrons. The standard InChI is InChI=1S/C22H22BrFN2O3/c1-4-9-25-21(27)11-16-13(2)26(22(28)14-5-7-15(23)8-6-14)19-12-18(24)20(29-3)10-17(16)19/h5-8,10,12H,4,9,11H2,1-3H3,(H,25,27). The molecule has 0 atom stereocenters. The Labute approximate surface area is 177 Å². The number of nitrogens with zero attached hydrogens (tertiary/aromatic N) is 1. The SMILES string of the molecule is CCCNC(=O)Cc1c(C)n(C(=O)c2ccc(Br)cc2)c2cc(F)c(OC)cc12. The van der Waals surface area contributed by atoms with Crippen LogP contribution in [0.15, 0.2) is 40.9 Å². The first-order chi connectivity index (χ1) is 13.9. The summed E-state index contributed by atoms with van der Waals surface area (Å²) >= 11 is 3.36. The van der Waals surface area contributed by atoms with Gasteiger partial charge < -0.3 is 10.1 Å². The first kappa shape index (κ1) is 21.0. The lowest BCUT2D eigenvalue weighted by Gasteiger charge is -2.08. The highest BCUT2D eigenvalue weighted by Gasteiger charge is 2.23. The van der Waals surface area contributed by atoms with Crippen molar-refractivity contribution in [2.24, 2.45) is 0 Å². The normalized spacial score (nSPS) is 10.9. The molecule has 0 bridgehead atoms. The second-order valence-corrected chi connectivity index (χ2v) is 7.66. The van der Waals surface area contributed by atoms with Crippen molar-refractivity contribution in [3.63, 3.8) is 0 Å². The Bertz CT molecular complexity index is 1070. The van der Waals surface area contributed by atoms with E-state index in [1.807, 2.05) is 6.92 Å². The van der Waals surface area contributed by atoms with Gasteiger partial charge in [0.25, 0.3) is 5.91 Å². The van der Waals surface area contributed by atoms with Crippen LogP contribution in [0.25, 0.3) is 10.9 Å². The third-order valence-corrected chi connectivity index (χ3v) is 5.34. The fourth-order valence-electron chi connectivity index (χ4n) is 3.33. The minimum absolute atomic E-state index is 0.0703. The van der Waals surface area contributed by atoms with Gasteiger partial charge in [-0.15, -0.1) is 0 Å². The van der Waals surface area contributed by atoms with Crippen LogP contribution in [0.5, 0.6) is 5.75 Å². The molecule has 0 spiro atoms. The molecule has 1 heterocycles. The molecule has 5 nitrogen and oxygen atoms in total. The van der Waals surface area contributed by atoms with Crippen molar-refractivity contribution >= 4 is 38.6 Å². The van der Waals surface area contributed by atoms with Crippen LogP contribution in [0.2, 0.25) is 0 Å². The van der Waals surface area contributed by atoms with Gasteiger partial charge in [0.1, 0.15) is 0 Å². The lowest BCUT2D eigenvalue weighted by molar-refractivity contribution is -0.120. The number of fused-ring (bicyclic) bond motifs is 1. The molecule has 0 unspecified atom stereocenters. The molecule has 0 aliphatic heterocycles. The minimum atomic E-state index is -0.565. The molecule has 0 saturated heterocycles. The Morgan fingerprint density at radius 3 is 2.52 bits per heavy atom. The highest BCUT2D eigenvalue weighted by molar-refractivity contribution is 9.10. The van der Waals surface area contributed by atoms with Crippen molar-refractivity contribution in [3.8, 4) is 5.75 Å². The number of hydrogen-bond donors (Lipinski definition) is 1. The van der Waals surface area contributed by atoms with Crippen LogP contribution in [-0.4, -0.2) is 30.0 Å². The molecule has 3 aromatic rings. The molecule has 0 aliphatic carbocycles.